The number of nitrogens with zero attached hydrogens (tertiary/aromatic N) is 3. The van der Waals surface area contributed by atoms with Crippen molar-refractivity contribution >= 4 is 11.8 Å². The molecule has 1 aromatic heterocycles. The van der Waals surface area contributed by atoms with Gasteiger partial charge in [0.15, 0.2) is 5.16 Å². The van der Waals surface area contributed by atoms with Gasteiger partial charge in [0.1, 0.15) is 5.82 Å². The molecular weight excluding hydrogens is 230 g/mol. The van der Waals surface area contributed by atoms with Crippen molar-refractivity contribution in [2.45, 2.75) is 19.0 Å². The molecule has 2 aromatic rings. The van der Waals surface area contributed by atoms with Crippen LogP contribution in [0, 0.1) is 26.2 Å². The third-order valence-electron chi connectivity index (χ3n) is 2.34. The van der Waals surface area contributed by atoms with E-state index in [1.165, 1.54) is 17.3 Å². The van der Waals surface area contributed by atoms with E-state index in [1.54, 1.807) is 0 Å². The SMILES string of the molecule is C#CCSc1nnc(C)n1-c1cccc(C)c1. The second kappa shape index (κ2) is 5.07. The number of hydrogen-bond donors (Lipinski definition) is 0. The highest BCUT2D eigenvalue weighted by atomic mass is 32.2. The van der Waals surface area contributed by atoms with Crippen LogP contribution in [0.1, 0.15) is 11.4 Å². The van der Waals surface area contributed by atoms with Crippen molar-refractivity contribution in [1.82, 2.24) is 14.8 Å². The Morgan fingerprint density at radius 3 is 2.88 bits per heavy atom. The average Bonchev–Trinajstić information content (AvgIpc) is 2.68. The Kier molecular flexibility index (Phi) is 3.50. The lowest BCUT2D eigenvalue weighted by Crippen LogP contribution is -1.99. The molecule has 0 saturated heterocycles. The number of aromatic nitrogens is 3. The summed E-state index contributed by atoms with van der Waals surface area (Å²) in [5, 5.41) is 9.08. The van der Waals surface area contributed by atoms with Crippen molar-refractivity contribution < 1.29 is 0 Å². The summed E-state index contributed by atoms with van der Waals surface area (Å²) in [6, 6.07) is 8.25. The van der Waals surface area contributed by atoms with Gasteiger partial charge in [-0.3, -0.25) is 4.57 Å². The fourth-order valence-electron chi connectivity index (χ4n) is 1.61. The molecule has 0 amide bonds. The first kappa shape index (κ1) is 11.7. The monoisotopic (exact) mass is 243 g/mol. The fourth-order valence-corrected chi connectivity index (χ4v) is 2.28. The topological polar surface area (TPSA) is 30.7 Å². The van der Waals surface area contributed by atoms with Crippen molar-refractivity contribution in [3.05, 3.63) is 35.7 Å². The first-order valence-corrected chi connectivity index (χ1v) is 6.26. The minimum absolute atomic E-state index is 0.601. The molecule has 3 nitrogen and oxygen atoms in total. The zero-order valence-electron chi connectivity index (χ0n) is 9.84. The van der Waals surface area contributed by atoms with Gasteiger partial charge in [-0.2, -0.15) is 0 Å². The van der Waals surface area contributed by atoms with Gasteiger partial charge in [-0.1, -0.05) is 29.8 Å². The largest absolute Gasteiger partial charge is 0.274 e. The van der Waals surface area contributed by atoms with Crippen LogP contribution in [0.4, 0.5) is 0 Å². The molecule has 0 aliphatic carbocycles. The lowest BCUT2D eigenvalue weighted by molar-refractivity contribution is 0.869. The van der Waals surface area contributed by atoms with E-state index in [0.717, 1.165) is 16.7 Å². The maximum Gasteiger partial charge on any atom is 0.196 e. The first-order valence-electron chi connectivity index (χ1n) is 5.27. The van der Waals surface area contributed by atoms with Crippen LogP contribution in [-0.2, 0) is 0 Å². The van der Waals surface area contributed by atoms with Crippen LogP contribution in [0.15, 0.2) is 29.4 Å². The molecule has 0 fully saturated rings. The Morgan fingerprint density at radius 2 is 2.18 bits per heavy atom. The number of thioether (sulfide) groups is 1. The third kappa shape index (κ3) is 2.51. The minimum Gasteiger partial charge on any atom is -0.274 e. The molecule has 1 aromatic carbocycles. The molecular formula is C13H13N3S. The van der Waals surface area contributed by atoms with Crippen LogP contribution in [0.5, 0.6) is 0 Å². The zero-order chi connectivity index (χ0) is 12.3. The van der Waals surface area contributed by atoms with Crippen LogP contribution in [0.3, 0.4) is 0 Å². The Balaban J connectivity index is 2.44. The van der Waals surface area contributed by atoms with Crippen LogP contribution < -0.4 is 0 Å². The third-order valence-corrected chi connectivity index (χ3v) is 3.17. The van der Waals surface area contributed by atoms with Gasteiger partial charge in [0.2, 0.25) is 0 Å². The second-order valence-electron chi connectivity index (χ2n) is 3.70. The Labute approximate surface area is 105 Å². The van der Waals surface area contributed by atoms with Gasteiger partial charge < -0.3 is 0 Å². The number of rotatable bonds is 3. The quantitative estimate of drug-likeness (QED) is 0.613. The van der Waals surface area contributed by atoms with E-state index in [2.05, 4.69) is 35.2 Å². The van der Waals surface area contributed by atoms with Gasteiger partial charge in [-0.15, -0.1) is 16.6 Å². The fraction of sp³-hybridized carbons (Fsp3) is 0.231. The predicted molar refractivity (Wildman–Crippen MR) is 70.4 cm³/mol. The van der Waals surface area contributed by atoms with E-state index in [4.69, 9.17) is 6.42 Å². The summed E-state index contributed by atoms with van der Waals surface area (Å²) in [5.74, 6) is 4.07. The number of hydrogen-bond acceptors (Lipinski definition) is 3. The molecule has 17 heavy (non-hydrogen) atoms. The van der Waals surface area contributed by atoms with Crippen LogP contribution in [0.2, 0.25) is 0 Å². The Hall–Kier alpha value is -1.73. The molecule has 0 radical (unpaired) electrons. The molecule has 0 atom stereocenters. The molecule has 0 unspecified atom stereocenters. The number of aryl methyl sites for hydroxylation is 2. The zero-order valence-corrected chi connectivity index (χ0v) is 10.7. The summed E-state index contributed by atoms with van der Waals surface area (Å²) in [5.41, 5.74) is 2.29. The van der Waals surface area contributed by atoms with E-state index in [9.17, 15) is 0 Å². The summed E-state index contributed by atoms with van der Waals surface area (Å²) in [7, 11) is 0. The van der Waals surface area contributed by atoms with Gasteiger partial charge in [0, 0.05) is 5.69 Å². The van der Waals surface area contributed by atoms with Crippen LogP contribution >= 0.6 is 11.8 Å². The highest BCUT2D eigenvalue weighted by Crippen LogP contribution is 2.21. The van der Waals surface area contributed by atoms with E-state index < -0.39 is 0 Å². The predicted octanol–water partition coefficient (Wildman–Crippen LogP) is 2.61. The Morgan fingerprint density at radius 1 is 1.35 bits per heavy atom. The lowest BCUT2D eigenvalue weighted by atomic mass is 10.2. The molecule has 0 bridgehead atoms. The molecule has 0 spiro atoms. The van der Waals surface area contributed by atoms with E-state index in [1.807, 2.05) is 23.6 Å². The lowest BCUT2D eigenvalue weighted by Gasteiger charge is -2.08. The van der Waals surface area contributed by atoms with Crippen molar-refractivity contribution in [2.75, 3.05) is 5.75 Å². The van der Waals surface area contributed by atoms with Crippen molar-refractivity contribution in [1.29, 1.82) is 0 Å². The summed E-state index contributed by atoms with van der Waals surface area (Å²) >= 11 is 1.52. The molecule has 0 aliphatic rings. The van der Waals surface area contributed by atoms with Gasteiger partial charge in [-0.25, -0.2) is 0 Å². The van der Waals surface area contributed by atoms with Crippen LogP contribution in [-0.4, -0.2) is 20.5 Å². The van der Waals surface area contributed by atoms with Crippen molar-refractivity contribution in [3.63, 3.8) is 0 Å². The van der Waals surface area contributed by atoms with Gasteiger partial charge in [0.05, 0.1) is 5.75 Å². The van der Waals surface area contributed by atoms with E-state index in [-0.39, 0.29) is 0 Å². The smallest absolute Gasteiger partial charge is 0.196 e. The van der Waals surface area contributed by atoms with Crippen LogP contribution in [0.25, 0.3) is 5.69 Å². The summed E-state index contributed by atoms with van der Waals surface area (Å²) in [6.45, 7) is 4.01. The molecule has 0 aliphatic heterocycles. The molecule has 4 heteroatoms. The molecule has 1 heterocycles. The normalized spacial score (nSPS) is 10.2. The van der Waals surface area contributed by atoms with E-state index in [0.29, 0.717) is 5.75 Å². The summed E-state index contributed by atoms with van der Waals surface area (Å²) < 4.78 is 2.02. The standard InChI is InChI=1S/C13H13N3S/c1-4-8-17-13-15-14-11(3)16(13)12-7-5-6-10(2)9-12/h1,5-7,9H,8H2,2-3H3. The minimum atomic E-state index is 0.601. The average molecular weight is 243 g/mol. The summed E-state index contributed by atoms with van der Waals surface area (Å²) in [4.78, 5) is 0. The Bertz CT molecular complexity index is 566. The number of terminal acetylenes is 1. The highest BCUT2D eigenvalue weighted by Gasteiger charge is 2.10. The number of benzene rings is 1. The van der Waals surface area contributed by atoms with Crippen molar-refractivity contribution in [3.8, 4) is 18.0 Å². The molecule has 2 rings (SSSR count). The molecule has 0 N–H and O–H groups in total. The van der Waals surface area contributed by atoms with Gasteiger partial charge in [0.25, 0.3) is 0 Å². The van der Waals surface area contributed by atoms with E-state index >= 15 is 0 Å². The molecule has 86 valence electrons. The second-order valence-corrected chi connectivity index (χ2v) is 4.64. The van der Waals surface area contributed by atoms with Gasteiger partial charge >= 0.3 is 0 Å². The van der Waals surface area contributed by atoms with Crippen molar-refractivity contribution in [2.24, 2.45) is 0 Å². The first-order chi connectivity index (χ1) is 8.22. The van der Waals surface area contributed by atoms with Gasteiger partial charge in [-0.05, 0) is 31.5 Å². The summed E-state index contributed by atoms with van der Waals surface area (Å²) in [6.07, 6.45) is 5.27. The maximum absolute atomic E-state index is 5.27. The maximum atomic E-state index is 5.27. The highest BCUT2D eigenvalue weighted by molar-refractivity contribution is 7.99. The molecule has 0 saturated carbocycles.